The summed E-state index contributed by atoms with van der Waals surface area (Å²) in [7, 11) is 2.00. The van der Waals surface area contributed by atoms with Gasteiger partial charge in [-0.05, 0) is 55.0 Å². The predicted molar refractivity (Wildman–Crippen MR) is 101 cm³/mol. The highest BCUT2D eigenvalue weighted by Gasteiger charge is 2.17. The molecule has 1 aromatic carbocycles. The second-order valence-electron chi connectivity index (χ2n) is 6.89. The lowest BCUT2D eigenvalue weighted by atomic mass is 9.96. The van der Waals surface area contributed by atoms with Crippen molar-refractivity contribution in [2.75, 3.05) is 13.1 Å². The van der Waals surface area contributed by atoms with Gasteiger partial charge in [0.1, 0.15) is 0 Å². The number of aryl methyl sites for hydroxylation is 2. The number of hydrogen-bond acceptors (Lipinski definition) is 4. The van der Waals surface area contributed by atoms with Crippen molar-refractivity contribution in [3.8, 4) is 0 Å². The summed E-state index contributed by atoms with van der Waals surface area (Å²) in [4.78, 5) is 13.6. The molecule has 0 saturated carbocycles. The third-order valence-corrected chi connectivity index (χ3v) is 5.20. The number of fused-ring (bicyclic) bond motifs is 1. The maximum Gasteiger partial charge on any atom is 0.267 e. The molecule has 1 amide bonds. The zero-order chi connectivity index (χ0) is 18.7. The van der Waals surface area contributed by atoms with E-state index >= 15 is 0 Å². The van der Waals surface area contributed by atoms with Crippen molar-refractivity contribution in [3.63, 3.8) is 0 Å². The van der Waals surface area contributed by atoms with E-state index in [4.69, 9.17) is 5.21 Å². The van der Waals surface area contributed by atoms with Crippen LogP contribution in [0.25, 0.3) is 6.08 Å². The van der Waals surface area contributed by atoms with Gasteiger partial charge >= 0.3 is 0 Å². The predicted octanol–water partition coefficient (Wildman–Crippen LogP) is 2.16. The van der Waals surface area contributed by atoms with Gasteiger partial charge in [0.25, 0.3) is 5.91 Å². The van der Waals surface area contributed by atoms with E-state index in [-0.39, 0.29) is 0 Å². The number of amides is 1. The number of nitrogens with zero attached hydrogens (tertiary/aromatic N) is 3. The largest absolute Gasteiger partial charge is 0.298 e. The average molecular weight is 354 g/mol. The molecule has 26 heavy (non-hydrogen) atoms. The second-order valence-corrected chi connectivity index (χ2v) is 6.89. The Balaban J connectivity index is 1.63. The zero-order valence-electron chi connectivity index (χ0n) is 15.6. The fourth-order valence-corrected chi connectivity index (χ4v) is 3.58. The molecule has 138 valence electrons. The minimum atomic E-state index is -0.519. The molecule has 6 nitrogen and oxygen atoms in total. The molecule has 6 heteroatoms. The van der Waals surface area contributed by atoms with Crippen LogP contribution in [0.1, 0.15) is 33.6 Å². The Hall–Kier alpha value is -2.44. The first kappa shape index (κ1) is 18.4. The van der Waals surface area contributed by atoms with Gasteiger partial charge in [-0.2, -0.15) is 5.10 Å². The number of benzene rings is 1. The molecule has 0 bridgehead atoms. The Labute approximate surface area is 154 Å². The van der Waals surface area contributed by atoms with Gasteiger partial charge in [-0.1, -0.05) is 18.2 Å². The summed E-state index contributed by atoms with van der Waals surface area (Å²) in [6, 6.07) is 6.28. The molecule has 3 rings (SSSR count). The van der Waals surface area contributed by atoms with Crippen LogP contribution in [-0.2, 0) is 31.2 Å². The molecular formula is C20H26N4O2. The number of carbonyl (C=O) groups excluding carboxylic acids is 1. The number of hydrogen-bond donors (Lipinski definition) is 2. The van der Waals surface area contributed by atoms with Crippen LogP contribution in [0, 0.1) is 13.8 Å². The number of rotatable bonds is 5. The number of nitrogens with one attached hydrogen (secondary N) is 1. The first-order chi connectivity index (χ1) is 12.5. The summed E-state index contributed by atoms with van der Waals surface area (Å²) in [6.45, 7) is 7.24. The third kappa shape index (κ3) is 4.03. The first-order valence-corrected chi connectivity index (χ1v) is 8.93. The van der Waals surface area contributed by atoms with Gasteiger partial charge < -0.3 is 0 Å². The van der Waals surface area contributed by atoms with Crippen LogP contribution >= 0.6 is 0 Å². The van der Waals surface area contributed by atoms with Gasteiger partial charge in [-0.3, -0.25) is 19.6 Å². The standard InChI is InChI=1S/C20H26N4O2/c1-14-19(15(2)23(3)21-14)9-11-24-10-8-17-12-16(4-6-18(17)13-24)5-7-20(25)22-26/h4-7,12,26H,8-11,13H2,1-3H3,(H,22,25)/b7-5+. The van der Waals surface area contributed by atoms with Crippen molar-refractivity contribution in [2.45, 2.75) is 33.2 Å². The molecule has 0 unspecified atom stereocenters. The van der Waals surface area contributed by atoms with Crippen LogP contribution in [-0.4, -0.2) is 38.9 Å². The molecule has 0 spiro atoms. The van der Waals surface area contributed by atoms with E-state index in [1.807, 2.05) is 17.8 Å². The fourth-order valence-electron chi connectivity index (χ4n) is 3.58. The maximum absolute atomic E-state index is 11.1. The van der Waals surface area contributed by atoms with Crippen molar-refractivity contribution in [1.29, 1.82) is 0 Å². The molecule has 0 saturated heterocycles. The third-order valence-electron chi connectivity index (χ3n) is 5.20. The topological polar surface area (TPSA) is 70.4 Å². The Morgan fingerprint density at radius 2 is 2.15 bits per heavy atom. The van der Waals surface area contributed by atoms with Gasteiger partial charge in [-0.25, -0.2) is 5.48 Å². The van der Waals surface area contributed by atoms with Crippen LogP contribution in [0.3, 0.4) is 0 Å². The van der Waals surface area contributed by atoms with E-state index in [0.717, 1.165) is 43.7 Å². The first-order valence-electron chi connectivity index (χ1n) is 8.93. The Morgan fingerprint density at radius 3 is 2.85 bits per heavy atom. The fraction of sp³-hybridized carbons (Fsp3) is 0.400. The summed E-state index contributed by atoms with van der Waals surface area (Å²) in [5, 5.41) is 13.0. The van der Waals surface area contributed by atoms with Crippen molar-refractivity contribution in [3.05, 3.63) is 57.9 Å². The highest BCUT2D eigenvalue weighted by Crippen LogP contribution is 2.22. The van der Waals surface area contributed by atoms with Crippen molar-refractivity contribution in [2.24, 2.45) is 7.05 Å². The van der Waals surface area contributed by atoms with Gasteiger partial charge in [0.2, 0.25) is 0 Å². The normalized spacial score (nSPS) is 14.6. The number of hydroxylamine groups is 1. The van der Waals surface area contributed by atoms with E-state index < -0.39 is 5.91 Å². The van der Waals surface area contributed by atoms with Crippen molar-refractivity contribution >= 4 is 12.0 Å². The number of aromatic nitrogens is 2. The highest BCUT2D eigenvalue weighted by atomic mass is 16.5. The Kier molecular flexibility index (Phi) is 5.54. The lowest BCUT2D eigenvalue weighted by molar-refractivity contribution is -0.124. The van der Waals surface area contributed by atoms with Crippen molar-refractivity contribution in [1.82, 2.24) is 20.2 Å². The molecule has 1 aromatic heterocycles. The van der Waals surface area contributed by atoms with Crippen LogP contribution in [0.15, 0.2) is 24.3 Å². The van der Waals surface area contributed by atoms with Crippen LogP contribution < -0.4 is 5.48 Å². The molecule has 2 heterocycles. The van der Waals surface area contributed by atoms with Gasteiger partial charge in [0.05, 0.1) is 5.69 Å². The van der Waals surface area contributed by atoms with E-state index in [9.17, 15) is 4.79 Å². The van der Waals surface area contributed by atoms with Crippen molar-refractivity contribution < 1.29 is 10.0 Å². The van der Waals surface area contributed by atoms with E-state index in [1.54, 1.807) is 11.6 Å². The van der Waals surface area contributed by atoms with Crippen LogP contribution in [0.2, 0.25) is 0 Å². The summed E-state index contributed by atoms with van der Waals surface area (Å²) in [5.74, 6) is -0.519. The molecule has 2 N–H and O–H groups in total. The summed E-state index contributed by atoms with van der Waals surface area (Å²) in [5.41, 5.74) is 9.00. The van der Waals surface area contributed by atoms with Gasteiger partial charge in [-0.15, -0.1) is 0 Å². The molecule has 0 fully saturated rings. The molecule has 0 radical (unpaired) electrons. The summed E-state index contributed by atoms with van der Waals surface area (Å²) < 4.78 is 1.96. The second kappa shape index (κ2) is 7.85. The highest BCUT2D eigenvalue weighted by molar-refractivity contribution is 5.90. The molecular weight excluding hydrogens is 328 g/mol. The lowest BCUT2D eigenvalue weighted by Gasteiger charge is -2.29. The molecule has 1 aliphatic heterocycles. The molecule has 1 aliphatic rings. The monoisotopic (exact) mass is 354 g/mol. The van der Waals surface area contributed by atoms with E-state index in [2.05, 4.69) is 36.0 Å². The van der Waals surface area contributed by atoms with Crippen LogP contribution in [0.4, 0.5) is 0 Å². The zero-order valence-corrected chi connectivity index (χ0v) is 15.6. The maximum atomic E-state index is 11.1. The van der Waals surface area contributed by atoms with E-state index in [0.29, 0.717) is 0 Å². The molecule has 2 aromatic rings. The Bertz CT molecular complexity index is 839. The Morgan fingerprint density at radius 1 is 1.35 bits per heavy atom. The van der Waals surface area contributed by atoms with Gasteiger partial charge in [0.15, 0.2) is 0 Å². The quantitative estimate of drug-likeness (QED) is 0.490. The summed E-state index contributed by atoms with van der Waals surface area (Å²) >= 11 is 0. The summed E-state index contributed by atoms with van der Waals surface area (Å²) in [6.07, 6.45) is 5.08. The molecule has 0 atom stereocenters. The van der Waals surface area contributed by atoms with E-state index in [1.165, 1.54) is 28.5 Å². The van der Waals surface area contributed by atoms with Gasteiger partial charge in [0, 0.05) is 38.5 Å². The minimum absolute atomic E-state index is 0.519. The SMILES string of the molecule is Cc1nn(C)c(C)c1CCN1CCc2cc(/C=C/C(=O)NO)ccc2C1. The molecule has 0 aliphatic carbocycles. The number of carbonyl (C=O) groups is 1. The smallest absolute Gasteiger partial charge is 0.267 e. The minimum Gasteiger partial charge on any atom is -0.298 e. The van der Waals surface area contributed by atoms with Crippen LogP contribution in [0.5, 0.6) is 0 Å². The lowest BCUT2D eigenvalue weighted by Crippen LogP contribution is -2.32. The average Bonchev–Trinajstić information content (AvgIpc) is 2.89.